The van der Waals surface area contributed by atoms with Gasteiger partial charge in [-0.1, -0.05) is 0 Å². The van der Waals surface area contributed by atoms with Gasteiger partial charge in [-0.15, -0.1) is 0 Å². The molecule has 1 fully saturated rings. The first-order valence-electron chi connectivity index (χ1n) is 7.49. The number of carbonyl (C=O) groups excluding carboxylic acids is 1. The number of nitrogens with one attached hydrogen (secondary N) is 1. The number of aliphatic hydroxyl groups excluding tert-OH is 1. The third-order valence-corrected chi connectivity index (χ3v) is 3.81. The normalized spacial score (nSPS) is 23.6. The van der Waals surface area contributed by atoms with Crippen LogP contribution in [0.3, 0.4) is 0 Å². The molecule has 1 aliphatic heterocycles. The van der Waals surface area contributed by atoms with E-state index in [1.807, 2.05) is 0 Å². The average Bonchev–Trinajstić information content (AvgIpc) is 2.89. The number of carbonyl (C=O) groups is 1. The third-order valence-electron chi connectivity index (χ3n) is 3.81. The van der Waals surface area contributed by atoms with Crippen LogP contribution < -0.4 is 17.1 Å². The van der Waals surface area contributed by atoms with Gasteiger partial charge in [0, 0.05) is 6.42 Å². The van der Waals surface area contributed by atoms with Gasteiger partial charge < -0.3 is 19.4 Å². The van der Waals surface area contributed by atoms with E-state index >= 15 is 0 Å². The highest BCUT2D eigenvalue weighted by Crippen LogP contribution is 2.28. The van der Waals surface area contributed by atoms with Crippen LogP contribution in [0.1, 0.15) is 26.5 Å². The Morgan fingerprint density at radius 3 is 2.88 bits per heavy atom. The molecule has 0 saturated carbocycles. The summed E-state index contributed by atoms with van der Waals surface area (Å²) in [5.74, 6) is 3.19. The number of nitrogens with zero attached hydrogens (tertiary/aromatic N) is 1. The number of nitrogens with two attached hydrogens (primary N) is 1. The molecule has 0 radical (unpaired) electrons. The Bertz CT molecular complexity index is 745. The van der Waals surface area contributed by atoms with Gasteiger partial charge in [-0.25, -0.2) is 10.7 Å². The van der Waals surface area contributed by atoms with Crippen molar-refractivity contribution in [3.8, 4) is 0 Å². The molecule has 0 bridgehead atoms. The van der Waals surface area contributed by atoms with E-state index in [1.54, 1.807) is 18.8 Å². The van der Waals surface area contributed by atoms with Gasteiger partial charge in [-0.3, -0.25) is 19.1 Å². The maximum Gasteiger partial charge on any atom is 0.330 e. The fourth-order valence-electron chi connectivity index (χ4n) is 2.33. The number of aromatic amines is 1. The molecule has 0 unspecified atom stereocenters. The number of ether oxygens (including phenoxy) is 2. The molecule has 2 rings (SSSR count). The Morgan fingerprint density at radius 1 is 1.56 bits per heavy atom. The number of rotatable bonds is 6. The molecule has 0 aromatic carbocycles. The molecule has 2 heterocycles. The van der Waals surface area contributed by atoms with E-state index in [0.29, 0.717) is 6.20 Å². The highest BCUT2D eigenvalue weighted by atomic mass is 19.1. The number of hydrogen-bond acceptors (Lipinski definition) is 8. The summed E-state index contributed by atoms with van der Waals surface area (Å²) in [5.41, 5.74) is -3.01. The van der Waals surface area contributed by atoms with E-state index < -0.39 is 46.9 Å². The molecule has 10 nitrogen and oxygen atoms in total. The largest absolute Gasteiger partial charge is 0.462 e. The summed E-state index contributed by atoms with van der Waals surface area (Å²) in [6, 6.07) is 0. The zero-order valence-corrected chi connectivity index (χ0v) is 13.7. The van der Waals surface area contributed by atoms with Crippen molar-refractivity contribution in [3.63, 3.8) is 0 Å². The van der Waals surface area contributed by atoms with E-state index in [0.717, 1.165) is 4.57 Å². The maximum absolute atomic E-state index is 13.4. The number of H-pyrrole nitrogens is 1. The molecular formula is C14H20FN3O7. The lowest BCUT2D eigenvalue weighted by Crippen LogP contribution is -2.36. The van der Waals surface area contributed by atoms with Crippen molar-refractivity contribution >= 4 is 5.97 Å². The van der Waals surface area contributed by atoms with Crippen LogP contribution in [-0.4, -0.2) is 46.0 Å². The minimum atomic E-state index is -1.16. The molecular weight excluding hydrogens is 341 g/mol. The van der Waals surface area contributed by atoms with Crippen molar-refractivity contribution in [1.29, 1.82) is 0 Å². The summed E-state index contributed by atoms with van der Waals surface area (Å²) in [7, 11) is 0. The highest BCUT2D eigenvalue weighted by molar-refractivity contribution is 5.76. The molecule has 1 saturated heterocycles. The highest BCUT2D eigenvalue weighted by Gasteiger charge is 2.38. The minimum Gasteiger partial charge on any atom is -0.462 e. The SMILES string of the molecule is CC(C)(CON)C(=O)OC[C@H]1O[C@@H](n2cc(F)c(=O)[nH]c2=O)C[C@@H]1O. The van der Waals surface area contributed by atoms with Crippen LogP contribution in [0.2, 0.25) is 0 Å². The zero-order chi connectivity index (χ0) is 18.8. The van der Waals surface area contributed by atoms with Gasteiger partial charge in [0.2, 0.25) is 5.82 Å². The van der Waals surface area contributed by atoms with E-state index in [-0.39, 0.29) is 19.6 Å². The van der Waals surface area contributed by atoms with Crippen molar-refractivity contribution in [3.05, 3.63) is 32.9 Å². The van der Waals surface area contributed by atoms with Crippen LogP contribution in [0.15, 0.2) is 15.8 Å². The Morgan fingerprint density at radius 2 is 2.24 bits per heavy atom. The number of aliphatic hydroxyl groups is 1. The summed E-state index contributed by atoms with van der Waals surface area (Å²) >= 11 is 0. The third kappa shape index (κ3) is 4.31. The van der Waals surface area contributed by atoms with Gasteiger partial charge in [-0.2, -0.15) is 4.39 Å². The number of esters is 1. The van der Waals surface area contributed by atoms with Crippen molar-refractivity contribution < 1.29 is 28.6 Å². The number of hydrogen-bond donors (Lipinski definition) is 3. The van der Waals surface area contributed by atoms with Crippen LogP contribution in [0.4, 0.5) is 4.39 Å². The van der Waals surface area contributed by atoms with Crippen molar-refractivity contribution in [2.45, 2.75) is 38.7 Å². The predicted molar refractivity (Wildman–Crippen MR) is 80.7 cm³/mol. The Balaban J connectivity index is 2.02. The minimum absolute atomic E-state index is 0.0388. The van der Waals surface area contributed by atoms with Crippen LogP contribution in [-0.2, 0) is 19.1 Å². The van der Waals surface area contributed by atoms with Crippen molar-refractivity contribution in [2.75, 3.05) is 13.2 Å². The monoisotopic (exact) mass is 361 g/mol. The summed E-state index contributed by atoms with van der Waals surface area (Å²) in [5, 5.41) is 10.0. The summed E-state index contributed by atoms with van der Waals surface area (Å²) in [4.78, 5) is 41.0. The van der Waals surface area contributed by atoms with Gasteiger partial charge in [0.1, 0.15) is 18.9 Å². The van der Waals surface area contributed by atoms with Crippen molar-refractivity contribution in [2.24, 2.45) is 11.3 Å². The first kappa shape index (κ1) is 19.2. The lowest BCUT2D eigenvalue weighted by atomic mass is 9.95. The quantitative estimate of drug-likeness (QED) is 0.422. The van der Waals surface area contributed by atoms with E-state index in [9.17, 15) is 23.9 Å². The molecule has 1 aromatic heterocycles. The van der Waals surface area contributed by atoms with Crippen LogP contribution in [0.5, 0.6) is 0 Å². The predicted octanol–water partition coefficient (Wildman–Crippen LogP) is -1.22. The smallest absolute Gasteiger partial charge is 0.330 e. The summed E-state index contributed by atoms with van der Waals surface area (Å²) in [6.07, 6.45) is -2.30. The molecule has 140 valence electrons. The zero-order valence-electron chi connectivity index (χ0n) is 13.7. The lowest BCUT2D eigenvalue weighted by Gasteiger charge is -2.23. The fraction of sp³-hybridized carbons (Fsp3) is 0.643. The van der Waals surface area contributed by atoms with Crippen molar-refractivity contribution in [1.82, 2.24) is 9.55 Å². The lowest BCUT2D eigenvalue weighted by molar-refractivity contribution is -0.163. The van der Waals surface area contributed by atoms with Gasteiger partial charge >= 0.3 is 11.7 Å². The molecule has 0 aliphatic carbocycles. The van der Waals surface area contributed by atoms with Gasteiger partial charge in [0.05, 0.1) is 24.3 Å². The molecule has 1 aliphatic rings. The standard InChI is InChI=1S/C14H20FN3O7/c1-14(2,6-24-16)12(21)23-5-9-8(19)3-10(25-9)18-4-7(15)11(20)17-13(18)22/h4,8-10,19H,3,5-6,16H2,1-2H3,(H,17,20,22)/t8-,9+,10+/m0/s1. The molecule has 1 aromatic rings. The first-order chi connectivity index (χ1) is 11.7. The Labute approximate surface area is 141 Å². The Hall–Kier alpha value is -2.08. The van der Waals surface area contributed by atoms with Crippen LogP contribution >= 0.6 is 0 Å². The van der Waals surface area contributed by atoms with Gasteiger partial charge in [0.25, 0.3) is 5.56 Å². The Kier molecular flexibility index (Phi) is 5.72. The molecule has 11 heteroatoms. The summed E-state index contributed by atoms with van der Waals surface area (Å²) in [6.45, 7) is 2.80. The average molecular weight is 361 g/mol. The van der Waals surface area contributed by atoms with E-state index in [4.69, 9.17) is 15.4 Å². The number of halogens is 1. The second-order valence-corrected chi connectivity index (χ2v) is 6.37. The van der Waals surface area contributed by atoms with Crippen LogP contribution in [0, 0.1) is 11.2 Å². The topological polar surface area (TPSA) is 146 Å². The second-order valence-electron chi connectivity index (χ2n) is 6.37. The molecule has 4 N–H and O–H groups in total. The van der Waals surface area contributed by atoms with Gasteiger partial charge in [-0.05, 0) is 13.8 Å². The fourth-order valence-corrected chi connectivity index (χ4v) is 2.33. The molecule has 25 heavy (non-hydrogen) atoms. The summed E-state index contributed by atoms with van der Waals surface area (Å²) < 4.78 is 24.7. The molecule has 0 amide bonds. The maximum atomic E-state index is 13.4. The molecule has 0 spiro atoms. The first-order valence-corrected chi connectivity index (χ1v) is 7.49. The van der Waals surface area contributed by atoms with Crippen LogP contribution in [0.25, 0.3) is 0 Å². The second kappa shape index (κ2) is 7.44. The number of aromatic nitrogens is 2. The molecule has 3 atom stereocenters. The van der Waals surface area contributed by atoms with E-state index in [2.05, 4.69) is 4.84 Å². The van der Waals surface area contributed by atoms with E-state index in [1.165, 1.54) is 0 Å². The van der Waals surface area contributed by atoms with Gasteiger partial charge in [0.15, 0.2) is 0 Å².